The van der Waals surface area contributed by atoms with Crippen molar-refractivity contribution in [3.63, 3.8) is 0 Å². The molecule has 150 valence electrons. The van der Waals surface area contributed by atoms with Gasteiger partial charge >= 0.3 is 0 Å². The number of carbonyl (C=O) groups excluding carboxylic acids is 1. The zero-order valence-electron chi connectivity index (χ0n) is 15.8. The van der Waals surface area contributed by atoms with E-state index in [1.165, 1.54) is 4.90 Å². The Morgan fingerprint density at radius 3 is 2.46 bits per heavy atom. The third-order valence-electron chi connectivity index (χ3n) is 6.08. The largest absolute Gasteiger partial charge is 0.369 e. The SMILES string of the molecule is N#Cc1ccc(N2CCN([C@@H]3CN[C@H](C(=O)N4CCC(F)(F)C4)C3)CC2)cc1. The van der Waals surface area contributed by atoms with Crippen LogP contribution in [-0.2, 0) is 4.79 Å². The van der Waals surface area contributed by atoms with E-state index in [0.717, 1.165) is 38.4 Å². The smallest absolute Gasteiger partial charge is 0.267 e. The van der Waals surface area contributed by atoms with Gasteiger partial charge in [0.05, 0.1) is 24.2 Å². The number of alkyl halides is 2. The summed E-state index contributed by atoms with van der Waals surface area (Å²) in [5, 5.41) is 12.2. The number of rotatable bonds is 3. The van der Waals surface area contributed by atoms with Crippen LogP contribution in [0.2, 0.25) is 0 Å². The van der Waals surface area contributed by atoms with Gasteiger partial charge < -0.3 is 15.1 Å². The molecule has 0 aromatic heterocycles. The van der Waals surface area contributed by atoms with Crippen LogP contribution >= 0.6 is 0 Å². The number of likely N-dealkylation sites (tertiary alicyclic amines) is 1. The third kappa shape index (κ3) is 3.96. The fourth-order valence-electron chi connectivity index (χ4n) is 4.42. The third-order valence-corrected chi connectivity index (χ3v) is 6.08. The highest BCUT2D eigenvalue weighted by Gasteiger charge is 2.43. The summed E-state index contributed by atoms with van der Waals surface area (Å²) in [6.45, 7) is 4.00. The molecule has 28 heavy (non-hydrogen) atoms. The fraction of sp³-hybridized carbons (Fsp3) is 0.600. The molecule has 0 unspecified atom stereocenters. The standard InChI is InChI=1S/C20H25F2N5O/c21-20(22)5-6-27(14-20)19(28)18-11-17(13-24-18)26-9-7-25(8-10-26)16-3-1-15(12-23)2-4-16/h1-4,17-18,24H,5-11,13-14H2/t17-,18-/m0/s1. The Hall–Kier alpha value is -2.24. The molecule has 3 aliphatic rings. The maximum atomic E-state index is 13.4. The van der Waals surface area contributed by atoms with E-state index < -0.39 is 12.5 Å². The van der Waals surface area contributed by atoms with Crippen molar-refractivity contribution in [1.29, 1.82) is 5.26 Å². The molecule has 1 amide bonds. The molecule has 1 aromatic carbocycles. The Morgan fingerprint density at radius 2 is 1.86 bits per heavy atom. The molecule has 3 saturated heterocycles. The van der Waals surface area contributed by atoms with Crippen LogP contribution in [0, 0.1) is 11.3 Å². The van der Waals surface area contributed by atoms with Gasteiger partial charge in [-0.2, -0.15) is 5.26 Å². The lowest BCUT2D eigenvalue weighted by Gasteiger charge is -2.39. The van der Waals surface area contributed by atoms with Gasteiger partial charge in [0.1, 0.15) is 0 Å². The predicted molar refractivity (Wildman–Crippen MR) is 101 cm³/mol. The Bertz CT molecular complexity index is 755. The molecule has 4 rings (SSSR count). The van der Waals surface area contributed by atoms with Crippen LogP contribution < -0.4 is 10.2 Å². The van der Waals surface area contributed by atoms with Gasteiger partial charge in [0.15, 0.2) is 0 Å². The van der Waals surface area contributed by atoms with Gasteiger partial charge in [0, 0.05) is 57.4 Å². The summed E-state index contributed by atoms with van der Waals surface area (Å²) >= 11 is 0. The van der Waals surface area contributed by atoms with Crippen molar-refractivity contribution in [2.75, 3.05) is 50.7 Å². The Balaban J connectivity index is 1.27. The molecule has 8 heteroatoms. The first-order valence-corrected chi connectivity index (χ1v) is 9.84. The Labute approximate surface area is 163 Å². The number of anilines is 1. The van der Waals surface area contributed by atoms with Gasteiger partial charge in [-0.15, -0.1) is 0 Å². The summed E-state index contributed by atoms with van der Waals surface area (Å²) in [7, 11) is 0. The van der Waals surface area contributed by atoms with E-state index in [9.17, 15) is 13.6 Å². The Kier molecular flexibility index (Phi) is 5.21. The number of hydrogen-bond acceptors (Lipinski definition) is 5. The number of nitriles is 1. The monoisotopic (exact) mass is 389 g/mol. The van der Waals surface area contributed by atoms with Crippen LogP contribution in [0.5, 0.6) is 0 Å². The van der Waals surface area contributed by atoms with Crippen molar-refractivity contribution < 1.29 is 13.6 Å². The average molecular weight is 389 g/mol. The number of amides is 1. The number of nitrogens with zero attached hydrogens (tertiary/aromatic N) is 4. The van der Waals surface area contributed by atoms with Gasteiger partial charge in [-0.05, 0) is 30.7 Å². The second-order valence-corrected chi connectivity index (χ2v) is 7.90. The van der Waals surface area contributed by atoms with Crippen molar-refractivity contribution in [1.82, 2.24) is 15.1 Å². The summed E-state index contributed by atoms with van der Waals surface area (Å²) in [6, 6.07) is 9.67. The molecule has 1 aromatic rings. The lowest BCUT2D eigenvalue weighted by molar-refractivity contribution is -0.133. The van der Waals surface area contributed by atoms with Crippen LogP contribution in [0.1, 0.15) is 18.4 Å². The quantitative estimate of drug-likeness (QED) is 0.844. The molecule has 1 N–H and O–H groups in total. The van der Waals surface area contributed by atoms with Crippen LogP contribution in [-0.4, -0.2) is 79.5 Å². The van der Waals surface area contributed by atoms with E-state index in [2.05, 4.69) is 21.2 Å². The van der Waals surface area contributed by atoms with Crippen molar-refractivity contribution >= 4 is 11.6 Å². The minimum atomic E-state index is -2.74. The highest BCUT2D eigenvalue weighted by atomic mass is 19.3. The number of nitrogens with one attached hydrogen (secondary N) is 1. The number of halogens is 2. The van der Waals surface area contributed by atoms with E-state index in [1.807, 2.05) is 24.3 Å². The summed E-state index contributed by atoms with van der Waals surface area (Å²) in [5.41, 5.74) is 1.78. The molecule has 0 spiro atoms. The van der Waals surface area contributed by atoms with Gasteiger partial charge in [0.2, 0.25) is 5.91 Å². The van der Waals surface area contributed by atoms with Crippen molar-refractivity contribution in [2.24, 2.45) is 0 Å². The van der Waals surface area contributed by atoms with E-state index in [0.29, 0.717) is 12.0 Å². The first kappa shape index (κ1) is 19.1. The van der Waals surface area contributed by atoms with Crippen LogP contribution in [0.3, 0.4) is 0 Å². The van der Waals surface area contributed by atoms with Crippen molar-refractivity contribution in [3.05, 3.63) is 29.8 Å². The normalized spacial score (nSPS) is 27.8. The summed E-state index contributed by atoms with van der Waals surface area (Å²) in [6.07, 6.45) is 0.448. The van der Waals surface area contributed by atoms with Gasteiger partial charge in [-0.25, -0.2) is 8.78 Å². The van der Waals surface area contributed by atoms with E-state index in [4.69, 9.17) is 5.26 Å². The second kappa shape index (κ2) is 7.64. The highest BCUT2D eigenvalue weighted by molar-refractivity contribution is 5.82. The van der Waals surface area contributed by atoms with Gasteiger partial charge in [-0.3, -0.25) is 9.69 Å². The summed E-state index contributed by atoms with van der Waals surface area (Å²) < 4.78 is 26.8. The van der Waals surface area contributed by atoms with Crippen LogP contribution in [0.25, 0.3) is 0 Å². The number of benzene rings is 1. The molecule has 3 aliphatic heterocycles. The van der Waals surface area contributed by atoms with Gasteiger partial charge in [-0.1, -0.05) is 0 Å². The molecular weight excluding hydrogens is 364 g/mol. The molecular formula is C20H25F2N5O. The number of piperazine rings is 1. The second-order valence-electron chi connectivity index (χ2n) is 7.90. The highest BCUT2D eigenvalue weighted by Crippen LogP contribution is 2.28. The summed E-state index contributed by atoms with van der Waals surface area (Å²) in [4.78, 5) is 18.5. The lowest BCUT2D eigenvalue weighted by atomic mass is 10.1. The van der Waals surface area contributed by atoms with Crippen LogP contribution in [0.4, 0.5) is 14.5 Å². The average Bonchev–Trinajstić information content (AvgIpc) is 3.34. The number of carbonyl (C=O) groups is 1. The first-order valence-electron chi connectivity index (χ1n) is 9.84. The topological polar surface area (TPSA) is 62.6 Å². The molecule has 2 atom stereocenters. The summed E-state index contributed by atoms with van der Waals surface area (Å²) in [5.74, 6) is -2.92. The van der Waals surface area contributed by atoms with Crippen molar-refractivity contribution in [3.8, 4) is 6.07 Å². The molecule has 0 saturated carbocycles. The zero-order chi connectivity index (χ0) is 19.7. The maximum absolute atomic E-state index is 13.4. The van der Waals surface area contributed by atoms with Crippen LogP contribution in [0.15, 0.2) is 24.3 Å². The fourth-order valence-corrected chi connectivity index (χ4v) is 4.42. The molecule has 6 nitrogen and oxygen atoms in total. The van der Waals surface area contributed by atoms with E-state index in [-0.39, 0.29) is 31.0 Å². The Morgan fingerprint density at radius 1 is 1.14 bits per heavy atom. The predicted octanol–water partition coefficient (Wildman–Crippen LogP) is 1.28. The lowest BCUT2D eigenvalue weighted by Crippen LogP contribution is -2.51. The molecule has 3 fully saturated rings. The van der Waals surface area contributed by atoms with Gasteiger partial charge in [0.25, 0.3) is 5.92 Å². The minimum Gasteiger partial charge on any atom is -0.369 e. The van der Waals surface area contributed by atoms with E-state index in [1.54, 1.807) is 0 Å². The van der Waals surface area contributed by atoms with E-state index >= 15 is 0 Å². The van der Waals surface area contributed by atoms with Crippen molar-refractivity contribution in [2.45, 2.75) is 30.8 Å². The maximum Gasteiger partial charge on any atom is 0.267 e. The molecule has 0 bridgehead atoms. The minimum absolute atomic E-state index is 0.151. The molecule has 3 heterocycles. The zero-order valence-corrected chi connectivity index (χ0v) is 15.8. The number of hydrogen-bond donors (Lipinski definition) is 1. The molecule has 0 radical (unpaired) electrons. The first-order chi connectivity index (χ1) is 13.4. The molecule has 0 aliphatic carbocycles.